The molecule has 0 fully saturated rings. The number of hydrogen-bond acceptors (Lipinski definition) is 2. The van der Waals surface area contributed by atoms with Gasteiger partial charge < -0.3 is 11.5 Å². The number of anilines is 2. The van der Waals surface area contributed by atoms with Crippen LogP contribution in [0.25, 0.3) is 0 Å². The molecule has 2 nitrogen and oxygen atoms in total. The second-order valence-corrected chi connectivity index (χ2v) is 6.33. The highest BCUT2D eigenvalue weighted by Gasteiger charge is 2.32. The Bertz CT molecular complexity index is 691. The van der Waals surface area contributed by atoms with Crippen molar-refractivity contribution in [3.05, 3.63) is 55.5 Å². The molecular weight excluding hydrogens is 452 g/mol. The van der Waals surface area contributed by atoms with E-state index >= 15 is 0 Å². The van der Waals surface area contributed by atoms with Crippen LogP contribution in [0, 0.1) is 0 Å². The Morgan fingerprint density at radius 3 is 0.885 bits per heavy atom. The Kier molecular flexibility index (Phi) is 7.20. The maximum atomic E-state index is 12.1. The van der Waals surface area contributed by atoms with Crippen LogP contribution in [0.3, 0.4) is 0 Å². The van der Waals surface area contributed by atoms with Crippen molar-refractivity contribution in [3.8, 4) is 0 Å². The van der Waals surface area contributed by atoms with Crippen molar-refractivity contribution in [2.75, 3.05) is 11.5 Å². The minimum Gasteiger partial charge on any atom is -0.396 e. The van der Waals surface area contributed by atoms with Crippen molar-refractivity contribution < 1.29 is 26.3 Å². The predicted molar refractivity (Wildman–Crippen MR) is 91.8 cm³/mol. The lowest BCUT2D eigenvalue weighted by atomic mass is 10.2. The summed E-state index contributed by atoms with van der Waals surface area (Å²) in [6.07, 6.45) is -8.91. The Morgan fingerprint density at radius 2 is 0.731 bits per heavy atom. The van der Waals surface area contributed by atoms with E-state index in [9.17, 15) is 26.3 Å². The number of halogens is 10. The molecule has 12 heteroatoms. The molecule has 0 aliphatic rings. The number of alkyl halides is 6. The van der Waals surface area contributed by atoms with Gasteiger partial charge in [0.1, 0.15) is 0 Å². The van der Waals surface area contributed by atoms with E-state index in [0.717, 1.165) is 24.3 Å². The van der Waals surface area contributed by atoms with Crippen LogP contribution in [0.4, 0.5) is 37.7 Å². The molecule has 0 bridgehead atoms. The summed E-state index contributed by atoms with van der Waals surface area (Å²) >= 11 is 21.7. The van der Waals surface area contributed by atoms with Gasteiger partial charge in [-0.2, -0.15) is 26.3 Å². The van der Waals surface area contributed by atoms with Gasteiger partial charge in [-0.25, -0.2) is 0 Å². The molecule has 2 aromatic carbocycles. The first-order chi connectivity index (χ1) is 11.6. The highest BCUT2D eigenvalue weighted by atomic mass is 35.5. The number of hydrogen-bond donors (Lipinski definition) is 2. The lowest BCUT2D eigenvalue weighted by molar-refractivity contribution is -0.138. The first kappa shape index (κ1) is 22.8. The summed E-state index contributed by atoms with van der Waals surface area (Å²) in [7, 11) is 0. The maximum absolute atomic E-state index is 12.1. The van der Waals surface area contributed by atoms with Gasteiger partial charge in [0.2, 0.25) is 0 Å². The number of rotatable bonds is 0. The van der Waals surface area contributed by atoms with E-state index in [-0.39, 0.29) is 31.5 Å². The number of nitrogen functional groups attached to an aromatic ring is 2. The third-order valence-electron chi connectivity index (χ3n) is 2.81. The summed E-state index contributed by atoms with van der Waals surface area (Å²) < 4.78 is 72.7. The van der Waals surface area contributed by atoms with Crippen LogP contribution in [-0.4, -0.2) is 0 Å². The molecule has 0 aromatic heterocycles. The van der Waals surface area contributed by atoms with Crippen LogP contribution in [-0.2, 0) is 12.4 Å². The molecule has 0 radical (unpaired) electrons. The van der Waals surface area contributed by atoms with E-state index in [1.54, 1.807) is 0 Å². The van der Waals surface area contributed by atoms with Crippen LogP contribution in [0.15, 0.2) is 24.3 Å². The average Bonchev–Trinajstić information content (AvgIpc) is 2.48. The van der Waals surface area contributed by atoms with Crippen LogP contribution in [0.5, 0.6) is 0 Å². The summed E-state index contributed by atoms with van der Waals surface area (Å²) in [6, 6.07) is 2.96. The van der Waals surface area contributed by atoms with Crippen LogP contribution in [0.2, 0.25) is 20.1 Å². The van der Waals surface area contributed by atoms with Gasteiger partial charge in [0, 0.05) is 0 Å². The lowest BCUT2D eigenvalue weighted by Crippen LogP contribution is -2.05. The lowest BCUT2D eigenvalue weighted by Gasteiger charge is -2.09. The number of benzene rings is 2. The molecule has 4 N–H and O–H groups in total. The third kappa shape index (κ3) is 5.90. The first-order valence-corrected chi connectivity index (χ1v) is 7.79. The molecule has 2 rings (SSSR count). The second-order valence-electron chi connectivity index (χ2n) is 4.70. The molecule has 0 spiro atoms. The van der Waals surface area contributed by atoms with Crippen LogP contribution >= 0.6 is 46.4 Å². The summed E-state index contributed by atoms with van der Waals surface area (Å²) in [5.41, 5.74) is 8.62. The van der Waals surface area contributed by atoms with Crippen molar-refractivity contribution in [1.29, 1.82) is 0 Å². The smallest absolute Gasteiger partial charge is 0.396 e. The molecule has 0 aliphatic heterocycles. The van der Waals surface area contributed by atoms with Gasteiger partial charge in [0.25, 0.3) is 0 Å². The average molecular weight is 460 g/mol. The first-order valence-electron chi connectivity index (χ1n) is 6.28. The van der Waals surface area contributed by atoms with Gasteiger partial charge in [-0.05, 0) is 24.3 Å². The third-order valence-corrected chi connectivity index (χ3v) is 4.06. The van der Waals surface area contributed by atoms with E-state index in [0.29, 0.717) is 0 Å². The zero-order valence-electron chi connectivity index (χ0n) is 12.2. The van der Waals surface area contributed by atoms with Crippen molar-refractivity contribution in [2.24, 2.45) is 0 Å². The molecule has 26 heavy (non-hydrogen) atoms. The molecule has 0 amide bonds. The molecular formula is C14H8Cl4F6N2. The zero-order valence-corrected chi connectivity index (χ0v) is 15.3. The topological polar surface area (TPSA) is 52.0 Å². The van der Waals surface area contributed by atoms with E-state index in [4.69, 9.17) is 57.9 Å². The van der Waals surface area contributed by atoms with E-state index in [1.165, 1.54) is 0 Å². The van der Waals surface area contributed by atoms with Crippen molar-refractivity contribution >= 4 is 57.8 Å². The van der Waals surface area contributed by atoms with E-state index < -0.39 is 23.5 Å². The highest BCUT2D eigenvalue weighted by Crippen LogP contribution is 2.37. The minimum atomic E-state index is -4.46. The monoisotopic (exact) mass is 458 g/mol. The van der Waals surface area contributed by atoms with Crippen molar-refractivity contribution in [3.63, 3.8) is 0 Å². The molecule has 144 valence electrons. The van der Waals surface area contributed by atoms with Gasteiger partial charge in [-0.3, -0.25) is 0 Å². The van der Waals surface area contributed by atoms with Crippen molar-refractivity contribution in [1.82, 2.24) is 0 Å². The number of nitrogens with two attached hydrogens (primary N) is 2. The molecule has 0 saturated heterocycles. The Morgan fingerprint density at radius 1 is 0.538 bits per heavy atom. The molecule has 2 aromatic rings. The minimum absolute atomic E-state index is 0.0451. The predicted octanol–water partition coefficient (Wildman–Crippen LogP) is 7.19. The highest BCUT2D eigenvalue weighted by molar-refractivity contribution is 6.39. The fourth-order valence-electron chi connectivity index (χ4n) is 1.50. The second kappa shape index (κ2) is 8.21. The quantitative estimate of drug-likeness (QED) is 0.323. The largest absolute Gasteiger partial charge is 0.416 e. The van der Waals surface area contributed by atoms with E-state index in [1.807, 2.05) is 0 Å². The summed E-state index contributed by atoms with van der Waals surface area (Å²) in [5.74, 6) is 0. The van der Waals surface area contributed by atoms with Crippen molar-refractivity contribution in [2.45, 2.75) is 12.4 Å². The van der Waals surface area contributed by atoms with Gasteiger partial charge in [-0.1, -0.05) is 46.4 Å². The molecule has 0 atom stereocenters. The fraction of sp³-hybridized carbons (Fsp3) is 0.143. The summed E-state index contributed by atoms with van der Waals surface area (Å²) in [6.45, 7) is 0. The Hall–Kier alpha value is -1.22. The fourth-order valence-corrected chi connectivity index (χ4v) is 2.47. The molecule has 0 saturated carbocycles. The van der Waals surface area contributed by atoms with Gasteiger partial charge >= 0.3 is 12.4 Å². The molecule has 0 heterocycles. The standard InChI is InChI=1S/2C7H4Cl2F3N/c2*8-4-1-3(7(10,11)12)2-5(9)6(4)13/h2*1-2H,13H2. The molecule has 0 unspecified atom stereocenters. The van der Waals surface area contributed by atoms with Crippen LogP contribution < -0.4 is 11.5 Å². The van der Waals surface area contributed by atoms with Gasteiger partial charge in [0.15, 0.2) is 0 Å². The van der Waals surface area contributed by atoms with Gasteiger partial charge in [0.05, 0.1) is 42.6 Å². The Balaban J connectivity index is 0.000000260. The zero-order chi connectivity index (χ0) is 20.4. The Labute approximate surface area is 163 Å². The van der Waals surface area contributed by atoms with Gasteiger partial charge in [-0.15, -0.1) is 0 Å². The SMILES string of the molecule is Nc1c(Cl)cc(C(F)(F)F)cc1Cl.Nc1c(Cl)cc(C(F)(F)F)cc1Cl. The maximum Gasteiger partial charge on any atom is 0.416 e. The van der Waals surface area contributed by atoms with E-state index in [2.05, 4.69) is 0 Å². The normalized spacial score (nSPS) is 11.8. The summed E-state index contributed by atoms with van der Waals surface area (Å²) in [5, 5.41) is -0.778. The van der Waals surface area contributed by atoms with Crippen LogP contribution in [0.1, 0.15) is 11.1 Å². The summed E-state index contributed by atoms with van der Waals surface area (Å²) in [4.78, 5) is 0. The molecule has 0 aliphatic carbocycles.